The van der Waals surface area contributed by atoms with E-state index in [1.165, 1.54) is 31.4 Å². The molecule has 1 amide bonds. The summed E-state index contributed by atoms with van der Waals surface area (Å²) in [6.45, 7) is 6.56. The average Bonchev–Trinajstić information content (AvgIpc) is 2.99. The number of likely N-dealkylation sites (N-methyl/N-ethyl adjacent to an activating group) is 1. The van der Waals surface area contributed by atoms with Gasteiger partial charge in [-0.15, -0.1) is 0 Å². The number of hydrogen-bond donors (Lipinski definition) is 1. The van der Waals surface area contributed by atoms with Gasteiger partial charge in [-0.05, 0) is 50.8 Å². The lowest BCUT2D eigenvalue weighted by Crippen LogP contribution is -2.68. The van der Waals surface area contributed by atoms with Gasteiger partial charge in [0.2, 0.25) is 5.91 Å². The number of carbonyl (C=O) groups is 1. The fraction of sp³-hybridized carbons (Fsp3) is 0.667. The summed E-state index contributed by atoms with van der Waals surface area (Å²) < 4.78 is 6.00. The molecule has 136 valence electrons. The van der Waals surface area contributed by atoms with Crippen LogP contribution in [0, 0.1) is 11.3 Å². The topological polar surface area (TPSA) is 41.6 Å². The van der Waals surface area contributed by atoms with E-state index in [4.69, 9.17) is 4.74 Å². The van der Waals surface area contributed by atoms with Gasteiger partial charge in [-0.1, -0.05) is 18.6 Å². The maximum Gasteiger partial charge on any atom is 0.226 e. The second-order valence-electron chi connectivity index (χ2n) is 7.89. The minimum atomic E-state index is 0.212. The summed E-state index contributed by atoms with van der Waals surface area (Å²) in [6, 6.07) is 9.04. The van der Waals surface area contributed by atoms with Crippen molar-refractivity contribution in [2.45, 2.75) is 58.1 Å². The van der Waals surface area contributed by atoms with Gasteiger partial charge in [0.15, 0.2) is 0 Å². The van der Waals surface area contributed by atoms with Crippen LogP contribution in [0.3, 0.4) is 0 Å². The van der Waals surface area contributed by atoms with Gasteiger partial charge in [0.1, 0.15) is 0 Å². The summed E-state index contributed by atoms with van der Waals surface area (Å²) in [5.74, 6) is 0.897. The number of nitrogens with zero attached hydrogens (tertiary/aromatic N) is 1. The van der Waals surface area contributed by atoms with E-state index < -0.39 is 0 Å². The van der Waals surface area contributed by atoms with Gasteiger partial charge in [-0.3, -0.25) is 4.79 Å². The van der Waals surface area contributed by atoms with Crippen molar-refractivity contribution in [3.63, 3.8) is 0 Å². The zero-order valence-corrected chi connectivity index (χ0v) is 15.5. The van der Waals surface area contributed by atoms with E-state index in [2.05, 4.69) is 29.6 Å². The largest absolute Gasteiger partial charge is 0.381 e. The number of ether oxygens (including phenoxy) is 1. The maximum absolute atomic E-state index is 12.2. The second kappa shape index (κ2) is 6.64. The molecule has 0 bridgehead atoms. The highest BCUT2D eigenvalue weighted by atomic mass is 16.5. The quantitative estimate of drug-likeness (QED) is 0.861. The molecule has 4 rings (SSSR count). The van der Waals surface area contributed by atoms with Crippen LogP contribution in [0.1, 0.15) is 45.1 Å². The zero-order chi connectivity index (χ0) is 17.4. The van der Waals surface area contributed by atoms with Crippen molar-refractivity contribution in [2.24, 2.45) is 11.3 Å². The first kappa shape index (κ1) is 16.9. The lowest BCUT2D eigenvalue weighted by Gasteiger charge is -2.63. The van der Waals surface area contributed by atoms with Gasteiger partial charge in [0, 0.05) is 42.8 Å². The van der Waals surface area contributed by atoms with Crippen molar-refractivity contribution < 1.29 is 9.53 Å². The molecule has 1 spiro atoms. The Labute approximate surface area is 150 Å². The SMILES string of the molecule is CCN(CC)C(=O)Cc1ccc(N[C@@H]2[C@@H]3CCO[C@H]3C23CCC3)cc1. The van der Waals surface area contributed by atoms with Gasteiger partial charge in [0.25, 0.3) is 0 Å². The van der Waals surface area contributed by atoms with Crippen LogP contribution in [-0.4, -0.2) is 42.6 Å². The number of carbonyl (C=O) groups excluding carboxylic acids is 1. The van der Waals surface area contributed by atoms with Crippen molar-refractivity contribution in [1.29, 1.82) is 0 Å². The predicted octanol–water partition coefficient (Wildman–Crippen LogP) is 3.47. The summed E-state index contributed by atoms with van der Waals surface area (Å²) in [5, 5.41) is 3.79. The van der Waals surface area contributed by atoms with Crippen molar-refractivity contribution in [1.82, 2.24) is 4.90 Å². The molecule has 4 nitrogen and oxygen atoms in total. The number of hydrogen-bond acceptors (Lipinski definition) is 3. The van der Waals surface area contributed by atoms with Crippen LogP contribution in [0.15, 0.2) is 24.3 Å². The van der Waals surface area contributed by atoms with E-state index in [0.717, 1.165) is 25.3 Å². The molecule has 25 heavy (non-hydrogen) atoms. The van der Waals surface area contributed by atoms with Crippen molar-refractivity contribution in [3.05, 3.63) is 29.8 Å². The van der Waals surface area contributed by atoms with E-state index in [-0.39, 0.29) is 5.91 Å². The summed E-state index contributed by atoms with van der Waals surface area (Å²) >= 11 is 0. The lowest BCUT2D eigenvalue weighted by atomic mass is 9.46. The third-order valence-electron chi connectivity index (χ3n) is 6.78. The molecular formula is C21H30N2O2. The number of benzene rings is 1. The summed E-state index contributed by atoms with van der Waals surface area (Å²) in [6.07, 6.45) is 6.15. The van der Waals surface area contributed by atoms with Gasteiger partial charge < -0.3 is 15.0 Å². The molecule has 1 N–H and O–H groups in total. The molecule has 1 aromatic carbocycles. The molecular weight excluding hydrogens is 312 g/mol. The van der Waals surface area contributed by atoms with Crippen LogP contribution < -0.4 is 5.32 Å². The predicted molar refractivity (Wildman–Crippen MR) is 99.6 cm³/mol. The first-order chi connectivity index (χ1) is 12.2. The fourth-order valence-corrected chi connectivity index (χ4v) is 5.22. The van der Waals surface area contributed by atoms with Gasteiger partial charge >= 0.3 is 0 Å². The van der Waals surface area contributed by atoms with Gasteiger partial charge in [-0.2, -0.15) is 0 Å². The van der Waals surface area contributed by atoms with E-state index >= 15 is 0 Å². The van der Waals surface area contributed by atoms with Gasteiger partial charge in [-0.25, -0.2) is 0 Å². The van der Waals surface area contributed by atoms with Crippen LogP contribution in [0.5, 0.6) is 0 Å². The standard InChI is InChI=1S/C21H30N2O2/c1-3-23(4-2)18(24)14-15-6-8-16(9-7-15)22-19-17-10-13-25-20(17)21(19)11-5-12-21/h6-9,17,19-20,22H,3-5,10-14H2,1-2H3/t17-,19+,20+/m0/s1. The molecule has 4 heteroatoms. The molecule has 0 unspecified atom stereocenters. The highest BCUT2D eigenvalue weighted by Gasteiger charge is 2.66. The monoisotopic (exact) mass is 342 g/mol. The second-order valence-corrected chi connectivity index (χ2v) is 7.89. The Morgan fingerprint density at radius 3 is 2.56 bits per heavy atom. The maximum atomic E-state index is 12.2. The van der Waals surface area contributed by atoms with E-state index in [0.29, 0.717) is 29.9 Å². The Kier molecular flexibility index (Phi) is 4.48. The zero-order valence-electron chi connectivity index (χ0n) is 15.5. The van der Waals surface area contributed by atoms with Crippen LogP contribution >= 0.6 is 0 Å². The fourth-order valence-electron chi connectivity index (χ4n) is 5.22. The van der Waals surface area contributed by atoms with Crippen LogP contribution in [-0.2, 0) is 16.0 Å². The minimum Gasteiger partial charge on any atom is -0.381 e. The third kappa shape index (κ3) is 2.75. The Morgan fingerprint density at radius 1 is 1.24 bits per heavy atom. The summed E-state index contributed by atoms with van der Waals surface area (Å²) in [5.41, 5.74) is 2.68. The molecule has 2 aliphatic carbocycles. The number of amides is 1. The molecule has 3 aliphatic rings. The third-order valence-corrected chi connectivity index (χ3v) is 6.78. The lowest BCUT2D eigenvalue weighted by molar-refractivity contribution is -0.158. The molecule has 1 heterocycles. The van der Waals surface area contributed by atoms with Crippen molar-refractivity contribution in [3.8, 4) is 0 Å². The van der Waals surface area contributed by atoms with Crippen LogP contribution in [0.2, 0.25) is 0 Å². The molecule has 1 aromatic rings. The van der Waals surface area contributed by atoms with E-state index in [1.807, 2.05) is 18.7 Å². The van der Waals surface area contributed by atoms with E-state index in [9.17, 15) is 4.79 Å². The highest BCUT2D eigenvalue weighted by molar-refractivity contribution is 5.78. The van der Waals surface area contributed by atoms with Crippen LogP contribution in [0.25, 0.3) is 0 Å². The molecule has 1 saturated heterocycles. The number of anilines is 1. The average molecular weight is 342 g/mol. The smallest absolute Gasteiger partial charge is 0.226 e. The number of nitrogens with one attached hydrogen (secondary N) is 1. The summed E-state index contributed by atoms with van der Waals surface area (Å²) in [7, 11) is 0. The Bertz CT molecular complexity index is 619. The van der Waals surface area contributed by atoms with E-state index in [1.54, 1.807) is 0 Å². The van der Waals surface area contributed by atoms with Crippen LogP contribution in [0.4, 0.5) is 5.69 Å². The molecule has 3 atom stereocenters. The van der Waals surface area contributed by atoms with Crippen molar-refractivity contribution in [2.75, 3.05) is 25.0 Å². The van der Waals surface area contributed by atoms with Gasteiger partial charge in [0.05, 0.1) is 12.5 Å². The normalized spacial score (nSPS) is 28.8. The molecule has 0 aromatic heterocycles. The molecule has 3 fully saturated rings. The summed E-state index contributed by atoms with van der Waals surface area (Å²) in [4.78, 5) is 14.1. The van der Waals surface area contributed by atoms with Crippen molar-refractivity contribution >= 4 is 11.6 Å². The number of rotatable bonds is 6. The highest BCUT2D eigenvalue weighted by Crippen LogP contribution is 2.63. The molecule has 0 radical (unpaired) electrons. The first-order valence-corrected chi connectivity index (χ1v) is 9.93. The first-order valence-electron chi connectivity index (χ1n) is 9.93. The Balaban J connectivity index is 1.39. The minimum absolute atomic E-state index is 0.212. The molecule has 2 saturated carbocycles. The Hall–Kier alpha value is -1.55. The molecule has 1 aliphatic heterocycles. The Morgan fingerprint density at radius 2 is 1.96 bits per heavy atom. The number of fused-ring (bicyclic) bond motifs is 2.